The minimum atomic E-state index is -3.46. The van der Waals surface area contributed by atoms with E-state index in [-0.39, 0.29) is 22.5 Å². The number of hydrogen-bond acceptors (Lipinski definition) is 4. The number of nitrogens with one attached hydrogen (secondary N) is 1. The maximum absolute atomic E-state index is 14.0. The van der Waals surface area contributed by atoms with Crippen LogP contribution in [0.5, 0.6) is 0 Å². The van der Waals surface area contributed by atoms with Gasteiger partial charge in [0.1, 0.15) is 5.82 Å². The van der Waals surface area contributed by atoms with Gasteiger partial charge in [0.15, 0.2) is 0 Å². The molecule has 2 fully saturated rings. The van der Waals surface area contributed by atoms with Gasteiger partial charge in [0.05, 0.1) is 4.90 Å². The summed E-state index contributed by atoms with van der Waals surface area (Å²) in [6.07, 6.45) is 3.15. The number of hydrogen-bond donors (Lipinski definition) is 1. The quantitative estimate of drug-likeness (QED) is 0.676. The van der Waals surface area contributed by atoms with E-state index in [0.717, 1.165) is 12.8 Å². The summed E-state index contributed by atoms with van der Waals surface area (Å²) in [5, 5.41) is 3.28. The molecule has 0 saturated carbocycles. The second-order valence-corrected chi connectivity index (χ2v) is 10.8. The summed E-state index contributed by atoms with van der Waals surface area (Å²) in [4.78, 5) is 15.1. The topological polar surface area (TPSA) is 69.7 Å². The Morgan fingerprint density at radius 2 is 1.69 bits per heavy atom. The zero-order valence-corrected chi connectivity index (χ0v) is 19.3. The van der Waals surface area contributed by atoms with Crippen LogP contribution in [-0.4, -0.2) is 49.7 Å². The van der Waals surface area contributed by atoms with E-state index < -0.39 is 10.0 Å². The van der Waals surface area contributed by atoms with Crippen LogP contribution in [0.1, 0.15) is 31.2 Å². The van der Waals surface area contributed by atoms with Gasteiger partial charge in [-0.3, -0.25) is 9.69 Å². The van der Waals surface area contributed by atoms with Crippen LogP contribution in [0, 0.1) is 11.7 Å². The van der Waals surface area contributed by atoms with Gasteiger partial charge in [-0.25, -0.2) is 12.8 Å². The summed E-state index contributed by atoms with van der Waals surface area (Å²) < 4.78 is 40.8. The molecule has 4 rings (SSSR count). The number of carbonyl (C=O) groups is 1. The molecular weight excluding hydrogens is 453 g/mol. The monoisotopic (exact) mass is 479 g/mol. The zero-order chi connectivity index (χ0) is 22.7. The summed E-state index contributed by atoms with van der Waals surface area (Å²) in [6, 6.07) is 11.1. The summed E-state index contributed by atoms with van der Waals surface area (Å²) in [6.45, 7) is 3.01. The van der Waals surface area contributed by atoms with E-state index in [1.54, 1.807) is 36.4 Å². The molecular formula is C23H27ClFN3O3S. The van der Waals surface area contributed by atoms with Gasteiger partial charge >= 0.3 is 0 Å². The third-order valence-electron chi connectivity index (χ3n) is 6.19. The second kappa shape index (κ2) is 9.87. The predicted molar refractivity (Wildman–Crippen MR) is 122 cm³/mol. The molecule has 0 bridgehead atoms. The van der Waals surface area contributed by atoms with Crippen LogP contribution >= 0.6 is 11.6 Å². The van der Waals surface area contributed by atoms with E-state index >= 15 is 0 Å². The number of nitrogens with zero attached hydrogens (tertiary/aromatic N) is 2. The molecule has 0 radical (unpaired) electrons. The van der Waals surface area contributed by atoms with E-state index in [1.807, 2.05) is 0 Å². The van der Waals surface area contributed by atoms with Gasteiger partial charge in [-0.2, -0.15) is 4.31 Å². The smallest absolute Gasteiger partial charge is 0.243 e. The molecule has 2 heterocycles. The molecule has 0 spiro atoms. The van der Waals surface area contributed by atoms with Crippen molar-refractivity contribution in [1.29, 1.82) is 0 Å². The Morgan fingerprint density at radius 1 is 1.03 bits per heavy atom. The first-order chi connectivity index (χ1) is 15.3. The molecule has 1 amide bonds. The average molecular weight is 480 g/mol. The lowest BCUT2D eigenvalue weighted by Crippen LogP contribution is -2.37. The van der Waals surface area contributed by atoms with Gasteiger partial charge in [-0.15, -0.1) is 0 Å². The Bertz CT molecular complexity index is 1060. The second-order valence-electron chi connectivity index (χ2n) is 8.41. The molecule has 2 aliphatic rings. The molecule has 0 aromatic heterocycles. The van der Waals surface area contributed by atoms with Crippen molar-refractivity contribution in [2.45, 2.75) is 37.1 Å². The molecule has 0 atom stereocenters. The predicted octanol–water partition coefficient (Wildman–Crippen LogP) is 4.11. The third-order valence-corrected chi connectivity index (χ3v) is 8.34. The Morgan fingerprint density at radius 3 is 2.31 bits per heavy atom. The number of likely N-dealkylation sites (tertiary alicyclic amines) is 1. The number of anilines is 1. The van der Waals surface area contributed by atoms with Crippen LogP contribution in [-0.2, 0) is 21.4 Å². The normalized spacial score (nSPS) is 18.7. The van der Waals surface area contributed by atoms with Crippen LogP contribution in [0.3, 0.4) is 0 Å². The van der Waals surface area contributed by atoms with Crippen LogP contribution in [0.2, 0.25) is 5.02 Å². The molecule has 0 aliphatic carbocycles. The first-order valence-corrected chi connectivity index (χ1v) is 12.7. The van der Waals surface area contributed by atoms with Crippen molar-refractivity contribution in [3.8, 4) is 0 Å². The van der Waals surface area contributed by atoms with Crippen molar-refractivity contribution >= 4 is 33.2 Å². The Labute approximate surface area is 193 Å². The lowest BCUT2D eigenvalue weighted by atomic mass is 9.95. The number of amides is 1. The van der Waals surface area contributed by atoms with E-state index in [0.29, 0.717) is 61.8 Å². The van der Waals surface area contributed by atoms with Gasteiger partial charge in [-0.05, 0) is 75.2 Å². The Balaban J connectivity index is 1.29. The van der Waals surface area contributed by atoms with Gasteiger partial charge in [0, 0.05) is 41.8 Å². The average Bonchev–Trinajstić information content (AvgIpc) is 3.32. The lowest BCUT2D eigenvalue weighted by molar-refractivity contribution is -0.121. The van der Waals surface area contributed by atoms with Gasteiger partial charge in [0.2, 0.25) is 15.9 Å². The highest BCUT2D eigenvalue weighted by molar-refractivity contribution is 7.89. The highest BCUT2D eigenvalue weighted by atomic mass is 35.5. The minimum absolute atomic E-state index is 0.0718. The van der Waals surface area contributed by atoms with Crippen molar-refractivity contribution in [1.82, 2.24) is 9.21 Å². The van der Waals surface area contributed by atoms with E-state index in [2.05, 4.69) is 10.2 Å². The summed E-state index contributed by atoms with van der Waals surface area (Å²) in [7, 11) is -3.46. The van der Waals surface area contributed by atoms with Crippen molar-refractivity contribution in [3.63, 3.8) is 0 Å². The fourth-order valence-corrected chi connectivity index (χ4v) is 5.95. The SMILES string of the molecule is O=C(Nc1ccc(S(=O)(=O)N2CCCC2)cc1)C1CCN(Cc2ccc(Cl)cc2F)CC1. The maximum atomic E-state index is 14.0. The summed E-state index contributed by atoms with van der Waals surface area (Å²) in [5.41, 5.74) is 1.18. The van der Waals surface area contributed by atoms with Crippen molar-refractivity contribution in [2.24, 2.45) is 5.92 Å². The molecule has 6 nitrogen and oxygen atoms in total. The molecule has 2 aromatic rings. The molecule has 2 aliphatic heterocycles. The van der Waals surface area contributed by atoms with Crippen molar-refractivity contribution in [3.05, 3.63) is 58.9 Å². The number of benzene rings is 2. The standard InChI is InChI=1S/C23H27ClFN3O3S/c24-19-4-3-18(22(25)15-19)16-27-13-9-17(10-14-27)23(29)26-20-5-7-21(8-6-20)32(30,31)28-11-1-2-12-28/h3-8,15,17H,1-2,9-14,16H2,(H,26,29). The number of rotatable bonds is 6. The number of carbonyl (C=O) groups excluding carboxylic acids is 1. The summed E-state index contributed by atoms with van der Waals surface area (Å²) >= 11 is 5.81. The first-order valence-electron chi connectivity index (χ1n) is 10.9. The number of sulfonamides is 1. The van der Waals surface area contributed by atoms with E-state index in [1.165, 1.54) is 10.4 Å². The maximum Gasteiger partial charge on any atom is 0.243 e. The fourth-order valence-electron chi connectivity index (χ4n) is 4.28. The van der Waals surface area contributed by atoms with Crippen molar-refractivity contribution < 1.29 is 17.6 Å². The molecule has 2 saturated heterocycles. The summed E-state index contributed by atoms with van der Waals surface area (Å²) in [5.74, 6) is -0.514. The number of halogens is 2. The molecule has 32 heavy (non-hydrogen) atoms. The Hall–Kier alpha value is -2.00. The molecule has 9 heteroatoms. The first kappa shape index (κ1) is 23.2. The number of piperidine rings is 1. The van der Waals surface area contributed by atoms with Crippen LogP contribution in [0.25, 0.3) is 0 Å². The highest BCUT2D eigenvalue weighted by Crippen LogP contribution is 2.25. The van der Waals surface area contributed by atoms with Crippen LogP contribution in [0.4, 0.5) is 10.1 Å². The van der Waals surface area contributed by atoms with E-state index in [4.69, 9.17) is 11.6 Å². The molecule has 0 unspecified atom stereocenters. The van der Waals surface area contributed by atoms with Crippen LogP contribution in [0.15, 0.2) is 47.4 Å². The van der Waals surface area contributed by atoms with Gasteiger partial charge in [-0.1, -0.05) is 17.7 Å². The lowest BCUT2D eigenvalue weighted by Gasteiger charge is -2.31. The highest BCUT2D eigenvalue weighted by Gasteiger charge is 2.28. The molecule has 1 N–H and O–H groups in total. The largest absolute Gasteiger partial charge is 0.326 e. The minimum Gasteiger partial charge on any atom is -0.326 e. The zero-order valence-electron chi connectivity index (χ0n) is 17.8. The van der Waals surface area contributed by atoms with Crippen LogP contribution < -0.4 is 5.32 Å². The molecule has 172 valence electrons. The van der Waals surface area contributed by atoms with E-state index in [9.17, 15) is 17.6 Å². The van der Waals surface area contributed by atoms with Gasteiger partial charge in [0.25, 0.3) is 0 Å². The third kappa shape index (κ3) is 5.31. The Kier molecular flexibility index (Phi) is 7.14. The molecule has 2 aromatic carbocycles. The fraction of sp³-hybridized carbons (Fsp3) is 0.435. The van der Waals surface area contributed by atoms with Crippen molar-refractivity contribution in [2.75, 3.05) is 31.5 Å². The van der Waals surface area contributed by atoms with Gasteiger partial charge < -0.3 is 5.32 Å².